The van der Waals surface area contributed by atoms with Gasteiger partial charge in [-0.1, -0.05) is 0 Å². The standard InChI is InChI=1S/C19H18O5S/c1-4-22-19(21)12(3)23-13-5-6-14-15(9-13)24-16(18(14)20)10-17-11(2)7-8-25-17/h5-10,12H,4H2,1-3H3. The Hall–Kier alpha value is -2.60. The van der Waals surface area contributed by atoms with Crippen LogP contribution in [-0.4, -0.2) is 24.5 Å². The quantitative estimate of drug-likeness (QED) is 0.597. The van der Waals surface area contributed by atoms with Gasteiger partial charge in [-0.05, 0) is 49.9 Å². The van der Waals surface area contributed by atoms with Gasteiger partial charge in [-0.15, -0.1) is 11.3 Å². The molecule has 1 aromatic heterocycles. The highest BCUT2D eigenvalue weighted by molar-refractivity contribution is 7.11. The molecule has 6 heteroatoms. The van der Waals surface area contributed by atoms with Crippen molar-refractivity contribution in [2.45, 2.75) is 26.9 Å². The molecule has 0 radical (unpaired) electrons. The lowest BCUT2D eigenvalue weighted by atomic mass is 10.1. The first-order valence-corrected chi connectivity index (χ1v) is 8.83. The number of allylic oxidation sites excluding steroid dienone is 1. The lowest BCUT2D eigenvalue weighted by Gasteiger charge is -2.13. The summed E-state index contributed by atoms with van der Waals surface area (Å²) in [7, 11) is 0. The van der Waals surface area contributed by atoms with Crippen molar-refractivity contribution in [2.75, 3.05) is 6.61 Å². The highest BCUT2D eigenvalue weighted by Crippen LogP contribution is 2.35. The van der Waals surface area contributed by atoms with Crippen LogP contribution in [0.1, 0.15) is 34.6 Å². The summed E-state index contributed by atoms with van der Waals surface area (Å²) in [5.41, 5.74) is 1.58. The normalized spacial score (nSPS) is 15.6. The monoisotopic (exact) mass is 358 g/mol. The van der Waals surface area contributed by atoms with Gasteiger partial charge in [-0.25, -0.2) is 4.79 Å². The number of hydrogen-bond acceptors (Lipinski definition) is 6. The number of carbonyl (C=O) groups is 2. The number of ether oxygens (including phenoxy) is 3. The molecule has 25 heavy (non-hydrogen) atoms. The predicted molar refractivity (Wildman–Crippen MR) is 95.2 cm³/mol. The highest BCUT2D eigenvalue weighted by atomic mass is 32.1. The molecule has 2 heterocycles. The predicted octanol–water partition coefficient (Wildman–Crippen LogP) is 4.00. The molecule has 0 amide bonds. The van der Waals surface area contributed by atoms with Gasteiger partial charge in [0, 0.05) is 17.0 Å². The second-order valence-corrected chi connectivity index (χ2v) is 6.53. The van der Waals surface area contributed by atoms with Gasteiger partial charge < -0.3 is 14.2 Å². The third-order valence-electron chi connectivity index (χ3n) is 3.74. The van der Waals surface area contributed by atoms with Crippen LogP contribution in [0.15, 0.2) is 35.4 Å². The summed E-state index contributed by atoms with van der Waals surface area (Å²) in [6, 6.07) is 6.90. The third kappa shape index (κ3) is 3.58. The fourth-order valence-electron chi connectivity index (χ4n) is 2.40. The molecule has 1 aliphatic rings. The van der Waals surface area contributed by atoms with E-state index < -0.39 is 12.1 Å². The second-order valence-electron chi connectivity index (χ2n) is 5.58. The first kappa shape index (κ1) is 17.2. The van der Waals surface area contributed by atoms with Crippen molar-refractivity contribution < 1.29 is 23.8 Å². The molecule has 0 aliphatic carbocycles. The fourth-order valence-corrected chi connectivity index (χ4v) is 3.25. The summed E-state index contributed by atoms with van der Waals surface area (Å²) in [4.78, 5) is 25.1. The molecule has 0 bridgehead atoms. The Bertz CT molecular complexity index is 849. The van der Waals surface area contributed by atoms with Crippen LogP contribution in [0.2, 0.25) is 0 Å². The van der Waals surface area contributed by atoms with E-state index in [0.29, 0.717) is 23.7 Å². The van der Waals surface area contributed by atoms with Gasteiger partial charge in [-0.3, -0.25) is 4.79 Å². The molecular weight excluding hydrogens is 340 g/mol. The van der Waals surface area contributed by atoms with E-state index in [1.807, 2.05) is 18.4 Å². The van der Waals surface area contributed by atoms with Crippen molar-refractivity contribution in [1.29, 1.82) is 0 Å². The van der Waals surface area contributed by atoms with E-state index in [-0.39, 0.29) is 11.5 Å². The number of hydrogen-bond donors (Lipinski definition) is 0. The minimum atomic E-state index is -0.737. The van der Waals surface area contributed by atoms with Crippen LogP contribution in [0, 0.1) is 6.92 Å². The molecule has 0 spiro atoms. The lowest BCUT2D eigenvalue weighted by Crippen LogP contribution is -2.26. The van der Waals surface area contributed by atoms with Crippen LogP contribution in [0.25, 0.3) is 6.08 Å². The molecule has 0 N–H and O–H groups in total. The summed E-state index contributed by atoms with van der Waals surface area (Å²) in [6.45, 7) is 5.63. The van der Waals surface area contributed by atoms with Crippen molar-refractivity contribution in [3.8, 4) is 11.5 Å². The number of carbonyl (C=O) groups excluding carboxylic acids is 2. The average molecular weight is 358 g/mol. The van der Waals surface area contributed by atoms with Gasteiger partial charge in [0.2, 0.25) is 5.78 Å². The maximum Gasteiger partial charge on any atom is 0.347 e. The van der Waals surface area contributed by atoms with Gasteiger partial charge >= 0.3 is 5.97 Å². The number of ketones is 1. The zero-order chi connectivity index (χ0) is 18.0. The molecule has 5 nitrogen and oxygen atoms in total. The van der Waals surface area contributed by atoms with E-state index in [4.69, 9.17) is 14.2 Å². The maximum absolute atomic E-state index is 12.5. The topological polar surface area (TPSA) is 61.8 Å². The van der Waals surface area contributed by atoms with Gasteiger partial charge in [0.05, 0.1) is 12.2 Å². The largest absolute Gasteiger partial charge is 0.479 e. The van der Waals surface area contributed by atoms with Crippen molar-refractivity contribution in [3.05, 3.63) is 51.4 Å². The molecule has 2 aromatic rings. The van der Waals surface area contributed by atoms with E-state index in [0.717, 1.165) is 10.4 Å². The third-order valence-corrected chi connectivity index (χ3v) is 4.70. The molecule has 0 fully saturated rings. The molecular formula is C19H18O5S. The molecule has 1 atom stereocenters. The Kier molecular flexibility index (Phi) is 4.90. The zero-order valence-corrected chi connectivity index (χ0v) is 15.0. The number of thiophene rings is 1. The van der Waals surface area contributed by atoms with Crippen molar-refractivity contribution in [3.63, 3.8) is 0 Å². The van der Waals surface area contributed by atoms with E-state index in [1.54, 1.807) is 49.5 Å². The minimum Gasteiger partial charge on any atom is -0.479 e. The number of Topliss-reactive ketones (excluding diaryl/α,β-unsaturated/α-hetero) is 1. The Balaban J connectivity index is 1.79. The van der Waals surface area contributed by atoms with Crippen LogP contribution < -0.4 is 9.47 Å². The van der Waals surface area contributed by atoms with Gasteiger partial charge in [0.1, 0.15) is 11.5 Å². The van der Waals surface area contributed by atoms with Crippen LogP contribution >= 0.6 is 11.3 Å². The highest BCUT2D eigenvalue weighted by Gasteiger charge is 2.28. The number of benzene rings is 1. The summed E-state index contributed by atoms with van der Waals surface area (Å²) in [5, 5.41) is 1.97. The van der Waals surface area contributed by atoms with Crippen LogP contribution in [-0.2, 0) is 9.53 Å². The minimum absolute atomic E-state index is 0.159. The molecule has 1 aliphatic heterocycles. The Morgan fingerprint density at radius 3 is 2.84 bits per heavy atom. The number of esters is 1. The SMILES string of the molecule is CCOC(=O)C(C)Oc1ccc2c(c1)OC(=Cc1sccc1C)C2=O. The Morgan fingerprint density at radius 1 is 1.36 bits per heavy atom. The van der Waals surface area contributed by atoms with Gasteiger partial charge in [-0.2, -0.15) is 0 Å². The summed E-state index contributed by atoms with van der Waals surface area (Å²) >= 11 is 1.55. The zero-order valence-electron chi connectivity index (χ0n) is 14.2. The van der Waals surface area contributed by atoms with Gasteiger partial charge in [0.15, 0.2) is 11.9 Å². The Morgan fingerprint density at radius 2 is 2.16 bits per heavy atom. The van der Waals surface area contributed by atoms with Crippen molar-refractivity contribution in [2.24, 2.45) is 0 Å². The Labute approximate surface area is 149 Å². The molecule has 130 valence electrons. The fraction of sp³-hybridized carbons (Fsp3) is 0.263. The number of rotatable bonds is 5. The lowest BCUT2D eigenvalue weighted by molar-refractivity contribution is -0.150. The molecule has 1 aromatic carbocycles. The first-order chi connectivity index (χ1) is 12.0. The smallest absolute Gasteiger partial charge is 0.347 e. The molecule has 3 rings (SSSR count). The average Bonchev–Trinajstić information content (AvgIpc) is 3.12. The van der Waals surface area contributed by atoms with E-state index in [2.05, 4.69) is 0 Å². The summed E-state index contributed by atoms with van der Waals surface area (Å²) < 4.78 is 16.2. The van der Waals surface area contributed by atoms with E-state index in [9.17, 15) is 9.59 Å². The molecule has 1 unspecified atom stereocenters. The number of fused-ring (bicyclic) bond motifs is 1. The van der Waals surface area contributed by atoms with Gasteiger partial charge in [0.25, 0.3) is 0 Å². The second kappa shape index (κ2) is 7.11. The van der Waals surface area contributed by atoms with Crippen LogP contribution in [0.4, 0.5) is 0 Å². The first-order valence-electron chi connectivity index (χ1n) is 7.95. The maximum atomic E-state index is 12.5. The summed E-state index contributed by atoms with van der Waals surface area (Å²) in [5.74, 6) is 0.567. The van der Waals surface area contributed by atoms with Crippen LogP contribution in [0.5, 0.6) is 11.5 Å². The van der Waals surface area contributed by atoms with Crippen molar-refractivity contribution >= 4 is 29.2 Å². The molecule has 0 saturated carbocycles. The van der Waals surface area contributed by atoms with E-state index in [1.165, 1.54) is 0 Å². The van der Waals surface area contributed by atoms with Crippen molar-refractivity contribution in [1.82, 2.24) is 0 Å². The summed E-state index contributed by atoms with van der Waals surface area (Å²) in [6.07, 6.45) is 1.02. The number of aryl methyl sites for hydroxylation is 1. The van der Waals surface area contributed by atoms with E-state index >= 15 is 0 Å². The van der Waals surface area contributed by atoms with Crippen LogP contribution in [0.3, 0.4) is 0 Å². The molecule has 0 saturated heterocycles.